The zero-order valence-electron chi connectivity index (χ0n) is 19.1. The van der Waals surface area contributed by atoms with Crippen LogP contribution >= 0.6 is 23.1 Å². The van der Waals surface area contributed by atoms with Crippen molar-refractivity contribution in [2.24, 2.45) is 0 Å². The van der Waals surface area contributed by atoms with E-state index in [4.69, 9.17) is 5.73 Å². The van der Waals surface area contributed by atoms with Crippen molar-refractivity contribution >= 4 is 50.7 Å². The van der Waals surface area contributed by atoms with Crippen LogP contribution < -0.4 is 27.4 Å². The Hall–Kier alpha value is -2.86. The van der Waals surface area contributed by atoms with E-state index in [0.29, 0.717) is 51.6 Å². The summed E-state index contributed by atoms with van der Waals surface area (Å²) in [6, 6.07) is 0. The third-order valence-corrected chi connectivity index (χ3v) is 6.97. The first kappa shape index (κ1) is 24.8. The van der Waals surface area contributed by atoms with Crippen LogP contribution in [0, 0.1) is 6.92 Å². The number of hydrogen-bond acceptors (Lipinski definition) is 8. The lowest BCUT2D eigenvalue weighted by molar-refractivity contribution is 0.0989. The Morgan fingerprint density at radius 2 is 1.91 bits per heavy atom. The number of nitrogens with zero attached hydrogens (tertiary/aromatic N) is 3. The van der Waals surface area contributed by atoms with E-state index in [0.717, 1.165) is 17.8 Å². The van der Waals surface area contributed by atoms with E-state index in [9.17, 15) is 19.2 Å². The SMILES string of the molecule is CCCCN(C(=O)c1sc2nc(CSC)[nH]c(=O)c2c1C)c1c(N)n(CCC)c(=O)[nH]c1=O. The van der Waals surface area contributed by atoms with Crippen LogP contribution in [0.1, 0.15) is 54.2 Å². The van der Waals surface area contributed by atoms with E-state index >= 15 is 0 Å². The number of nitrogens with one attached hydrogen (secondary N) is 2. The Labute approximate surface area is 198 Å². The first-order valence-electron chi connectivity index (χ1n) is 10.7. The molecule has 1 amide bonds. The fourth-order valence-electron chi connectivity index (χ4n) is 3.64. The molecule has 3 aromatic rings. The third-order valence-electron chi connectivity index (χ3n) is 5.24. The number of fused-ring (bicyclic) bond motifs is 1. The molecule has 33 heavy (non-hydrogen) atoms. The highest BCUT2D eigenvalue weighted by molar-refractivity contribution is 7.97. The molecule has 3 heterocycles. The summed E-state index contributed by atoms with van der Waals surface area (Å²) in [5.41, 5.74) is 5.06. The number of H-pyrrole nitrogens is 2. The summed E-state index contributed by atoms with van der Waals surface area (Å²) in [5.74, 6) is 0.579. The molecule has 12 heteroatoms. The highest BCUT2D eigenvalue weighted by Crippen LogP contribution is 2.30. The predicted octanol–water partition coefficient (Wildman–Crippen LogP) is 2.45. The molecule has 0 aromatic carbocycles. The van der Waals surface area contributed by atoms with Crippen molar-refractivity contribution < 1.29 is 4.79 Å². The number of amides is 1. The van der Waals surface area contributed by atoms with Crippen LogP contribution in [0.3, 0.4) is 0 Å². The fraction of sp³-hybridized carbons (Fsp3) is 0.476. The van der Waals surface area contributed by atoms with Crippen molar-refractivity contribution in [3.05, 3.63) is 47.5 Å². The van der Waals surface area contributed by atoms with Gasteiger partial charge in [0.1, 0.15) is 16.5 Å². The van der Waals surface area contributed by atoms with Gasteiger partial charge in [-0.2, -0.15) is 11.8 Å². The number of carbonyl (C=O) groups is 1. The monoisotopic (exact) mass is 492 g/mol. The molecule has 0 saturated heterocycles. The second-order valence-electron chi connectivity index (χ2n) is 7.64. The zero-order chi connectivity index (χ0) is 24.3. The summed E-state index contributed by atoms with van der Waals surface area (Å²) >= 11 is 2.65. The molecule has 178 valence electrons. The molecule has 0 aliphatic carbocycles. The maximum atomic E-state index is 13.7. The molecule has 10 nitrogen and oxygen atoms in total. The van der Waals surface area contributed by atoms with Crippen molar-refractivity contribution in [1.29, 1.82) is 0 Å². The Balaban J connectivity index is 2.19. The Morgan fingerprint density at radius 3 is 2.55 bits per heavy atom. The minimum atomic E-state index is -0.716. The molecule has 0 spiro atoms. The van der Waals surface area contributed by atoms with Gasteiger partial charge in [-0.1, -0.05) is 20.3 Å². The quantitative estimate of drug-likeness (QED) is 0.416. The van der Waals surface area contributed by atoms with Crippen molar-refractivity contribution in [2.75, 3.05) is 23.4 Å². The molecule has 4 N–H and O–H groups in total. The van der Waals surface area contributed by atoms with Gasteiger partial charge in [-0.25, -0.2) is 9.78 Å². The summed E-state index contributed by atoms with van der Waals surface area (Å²) in [6.45, 7) is 6.09. The van der Waals surface area contributed by atoms with Crippen LogP contribution in [-0.4, -0.2) is 38.2 Å². The van der Waals surface area contributed by atoms with Gasteiger partial charge in [0, 0.05) is 13.1 Å². The molecular formula is C21H28N6O4S2. The van der Waals surface area contributed by atoms with Gasteiger partial charge in [-0.05, 0) is 31.6 Å². The van der Waals surface area contributed by atoms with Crippen LogP contribution in [0.25, 0.3) is 10.2 Å². The van der Waals surface area contributed by atoms with Crippen LogP contribution in [0.2, 0.25) is 0 Å². The summed E-state index contributed by atoms with van der Waals surface area (Å²) < 4.78 is 1.27. The smallest absolute Gasteiger partial charge is 0.330 e. The molecule has 0 atom stereocenters. The number of aromatic nitrogens is 4. The minimum Gasteiger partial charge on any atom is -0.383 e. The lowest BCUT2D eigenvalue weighted by atomic mass is 10.2. The Morgan fingerprint density at radius 1 is 1.18 bits per heavy atom. The number of thioether (sulfide) groups is 1. The average Bonchev–Trinajstić information content (AvgIpc) is 3.09. The van der Waals surface area contributed by atoms with E-state index in [1.54, 1.807) is 6.92 Å². The number of unbranched alkanes of at least 4 members (excludes halogenated alkanes) is 1. The van der Waals surface area contributed by atoms with Crippen LogP contribution in [0.5, 0.6) is 0 Å². The van der Waals surface area contributed by atoms with E-state index in [1.165, 1.54) is 21.2 Å². The van der Waals surface area contributed by atoms with Gasteiger partial charge >= 0.3 is 5.69 Å². The average molecular weight is 493 g/mol. The van der Waals surface area contributed by atoms with Crippen molar-refractivity contribution in [2.45, 2.75) is 52.3 Å². The number of carbonyl (C=O) groups excluding carboxylic acids is 1. The first-order chi connectivity index (χ1) is 15.7. The fourth-order valence-corrected chi connectivity index (χ4v) is 5.19. The molecule has 0 aliphatic rings. The number of aryl methyl sites for hydroxylation is 1. The molecule has 0 unspecified atom stereocenters. The largest absolute Gasteiger partial charge is 0.383 e. The van der Waals surface area contributed by atoms with Crippen LogP contribution in [-0.2, 0) is 12.3 Å². The van der Waals surface area contributed by atoms with Gasteiger partial charge in [-0.3, -0.25) is 28.8 Å². The lowest BCUT2D eigenvalue weighted by Crippen LogP contribution is -2.41. The highest BCUT2D eigenvalue weighted by atomic mass is 32.2. The molecule has 3 aromatic heterocycles. The number of nitrogen functional groups attached to an aromatic ring is 1. The minimum absolute atomic E-state index is 0.0490. The molecule has 0 bridgehead atoms. The van der Waals surface area contributed by atoms with E-state index in [-0.39, 0.29) is 23.6 Å². The molecular weight excluding hydrogens is 464 g/mol. The van der Waals surface area contributed by atoms with Crippen LogP contribution in [0.4, 0.5) is 11.5 Å². The third kappa shape index (κ3) is 4.76. The van der Waals surface area contributed by atoms with Crippen molar-refractivity contribution in [1.82, 2.24) is 19.5 Å². The van der Waals surface area contributed by atoms with Gasteiger partial charge in [0.2, 0.25) is 0 Å². The van der Waals surface area contributed by atoms with Crippen molar-refractivity contribution in [3.63, 3.8) is 0 Å². The number of aromatic amines is 2. The predicted molar refractivity (Wildman–Crippen MR) is 135 cm³/mol. The number of hydrogen-bond donors (Lipinski definition) is 3. The second kappa shape index (κ2) is 10.4. The Bertz CT molecular complexity index is 1350. The molecule has 0 radical (unpaired) electrons. The second-order valence-corrected chi connectivity index (χ2v) is 9.50. The molecule has 0 fully saturated rings. The standard InChI is InChI=1S/C21H28N6O4S2/c1-5-7-9-26(14-16(22)27(8-6-2)21(31)25-18(14)29)20(30)15-11(3)13-17(28)23-12(10-32-4)24-19(13)33-15/h5-10,22H2,1-4H3,(H,23,24,28)(H,25,29,31). The van der Waals surface area contributed by atoms with Gasteiger partial charge in [-0.15, -0.1) is 11.3 Å². The van der Waals surface area contributed by atoms with Gasteiger partial charge in [0.25, 0.3) is 17.0 Å². The maximum Gasteiger partial charge on any atom is 0.330 e. The van der Waals surface area contributed by atoms with Gasteiger partial charge in [0.15, 0.2) is 5.69 Å². The Kier molecular flexibility index (Phi) is 7.80. The van der Waals surface area contributed by atoms with Gasteiger partial charge in [0.05, 0.1) is 16.0 Å². The number of nitrogens with two attached hydrogens (primary N) is 1. The normalized spacial score (nSPS) is 11.3. The maximum absolute atomic E-state index is 13.7. The number of rotatable bonds is 9. The molecule has 0 aliphatic heterocycles. The van der Waals surface area contributed by atoms with E-state index in [2.05, 4.69) is 15.0 Å². The van der Waals surface area contributed by atoms with E-state index in [1.807, 2.05) is 20.1 Å². The highest BCUT2D eigenvalue weighted by Gasteiger charge is 2.28. The van der Waals surface area contributed by atoms with E-state index < -0.39 is 17.2 Å². The molecule has 0 saturated carbocycles. The zero-order valence-corrected chi connectivity index (χ0v) is 20.7. The summed E-state index contributed by atoms with van der Waals surface area (Å²) in [5, 5.41) is 0.362. The van der Waals surface area contributed by atoms with Crippen molar-refractivity contribution in [3.8, 4) is 0 Å². The van der Waals surface area contributed by atoms with Crippen LogP contribution in [0.15, 0.2) is 14.4 Å². The lowest BCUT2D eigenvalue weighted by Gasteiger charge is -2.24. The number of anilines is 2. The topological polar surface area (TPSA) is 147 Å². The summed E-state index contributed by atoms with van der Waals surface area (Å²) in [4.78, 5) is 63.1. The van der Waals surface area contributed by atoms with Gasteiger partial charge < -0.3 is 10.7 Å². The number of thiophene rings is 1. The summed E-state index contributed by atoms with van der Waals surface area (Å²) in [7, 11) is 0. The summed E-state index contributed by atoms with van der Waals surface area (Å²) in [6.07, 6.45) is 3.93. The molecule has 3 rings (SSSR count). The first-order valence-corrected chi connectivity index (χ1v) is 12.9.